The van der Waals surface area contributed by atoms with E-state index >= 15 is 0 Å². The molecule has 24 heavy (non-hydrogen) atoms. The van der Waals surface area contributed by atoms with Crippen LogP contribution in [0.25, 0.3) is 0 Å². The minimum atomic E-state index is -0.596. The molecule has 1 aliphatic heterocycles. The zero-order chi connectivity index (χ0) is 17.4. The quantitative estimate of drug-likeness (QED) is 0.882. The SMILES string of the molecule is CC1Cn2nc(C(=O)NCc3ccc(F)cc3)c(O)c2C(=O)N1C. The van der Waals surface area contributed by atoms with E-state index in [1.165, 1.54) is 21.7 Å². The first-order valence-corrected chi connectivity index (χ1v) is 7.48. The maximum absolute atomic E-state index is 12.9. The first-order valence-electron chi connectivity index (χ1n) is 7.48. The third-order valence-corrected chi connectivity index (χ3v) is 4.13. The number of aromatic nitrogens is 2. The van der Waals surface area contributed by atoms with E-state index in [0.717, 1.165) is 0 Å². The van der Waals surface area contributed by atoms with E-state index < -0.39 is 11.7 Å². The summed E-state index contributed by atoms with van der Waals surface area (Å²) >= 11 is 0. The van der Waals surface area contributed by atoms with Crippen LogP contribution in [-0.2, 0) is 13.1 Å². The van der Waals surface area contributed by atoms with E-state index in [4.69, 9.17) is 0 Å². The number of amides is 2. The van der Waals surface area contributed by atoms with Gasteiger partial charge in [0, 0.05) is 19.6 Å². The molecule has 1 atom stereocenters. The van der Waals surface area contributed by atoms with Gasteiger partial charge in [0.1, 0.15) is 5.82 Å². The van der Waals surface area contributed by atoms with E-state index in [0.29, 0.717) is 12.1 Å². The van der Waals surface area contributed by atoms with Crippen molar-refractivity contribution in [1.29, 1.82) is 0 Å². The molecule has 0 saturated carbocycles. The molecule has 1 aromatic carbocycles. The molecular formula is C16H17FN4O3. The number of hydrogen-bond donors (Lipinski definition) is 2. The third kappa shape index (κ3) is 2.70. The van der Waals surface area contributed by atoms with Crippen LogP contribution in [0, 0.1) is 5.82 Å². The van der Waals surface area contributed by atoms with Crippen molar-refractivity contribution in [3.63, 3.8) is 0 Å². The molecule has 0 aliphatic carbocycles. The first kappa shape index (κ1) is 16.0. The summed E-state index contributed by atoms with van der Waals surface area (Å²) in [6.07, 6.45) is 0. The minimum Gasteiger partial charge on any atom is -0.504 e. The van der Waals surface area contributed by atoms with Crippen LogP contribution in [0.5, 0.6) is 5.75 Å². The zero-order valence-electron chi connectivity index (χ0n) is 13.3. The van der Waals surface area contributed by atoms with Gasteiger partial charge in [0.25, 0.3) is 11.8 Å². The minimum absolute atomic E-state index is 0.0162. The summed E-state index contributed by atoms with van der Waals surface area (Å²) in [6.45, 7) is 2.41. The zero-order valence-corrected chi connectivity index (χ0v) is 13.3. The summed E-state index contributed by atoms with van der Waals surface area (Å²) in [5.74, 6) is -1.75. The normalized spacial score (nSPS) is 16.9. The maximum Gasteiger partial charge on any atom is 0.276 e. The van der Waals surface area contributed by atoms with Crippen molar-refractivity contribution in [3.8, 4) is 5.75 Å². The van der Waals surface area contributed by atoms with Gasteiger partial charge >= 0.3 is 0 Å². The van der Waals surface area contributed by atoms with Gasteiger partial charge in [-0.05, 0) is 24.6 Å². The number of aromatic hydroxyl groups is 1. The summed E-state index contributed by atoms with van der Waals surface area (Å²) in [5.41, 5.74) is 0.531. The molecule has 2 N–H and O–H groups in total. The second-order valence-electron chi connectivity index (χ2n) is 5.80. The lowest BCUT2D eigenvalue weighted by Crippen LogP contribution is -2.44. The Labute approximate surface area is 137 Å². The van der Waals surface area contributed by atoms with Crippen LogP contribution in [0.2, 0.25) is 0 Å². The summed E-state index contributed by atoms with van der Waals surface area (Å²) in [7, 11) is 1.64. The number of hydrogen-bond acceptors (Lipinski definition) is 4. The second kappa shape index (κ2) is 5.95. The number of likely N-dealkylation sites (N-methyl/N-ethyl adjacent to an activating group) is 1. The smallest absolute Gasteiger partial charge is 0.276 e. The predicted octanol–water partition coefficient (Wildman–Crippen LogP) is 1.13. The molecule has 2 heterocycles. The highest BCUT2D eigenvalue weighted by Crippen LogP contribution is 2.27. The Hall–Kier alpha value is -2.90. The van der Waals surface area contributed by atoms with E-state index in [1.807, 2.05) is 6.92 Å². The van der Waals surface area contributed by atoms with Crippen molar-refractivity contribution in [3.05, 3.63) is 47.0 Å². The number of nitrogens with one attached hydrogen (secondary N) is 1. The van der Waals surface area contributed by atoms with Gasteiger partial charge < -0.3 is 15.3 Å². The van der Waals surface area contributed by atoms with Crippen molar-refractivity contribution >= 4 is 11.8 Å². The van der Waals surface area contributed by atoms with Crippen molar-refractivity contribution in [2.24, 2.45) is 0 Å². The molecular weight excluding hydrogens is 315 g/mol. The number of halogens is 1. The molecule has 7 nitrogen and oxygen atoms in total. The number of fused-ring (bicyclic) bond motifs is 1. The van der Waals surface area contributed by atoms with Gasteiger partial charge in [-0.1, -0.05) is 12.1 Å². The lowest BCUT2D eigenvalue weighted by atomic mass is 10.2. The monoisotopic (exact) mass is 332 g/mol. The van der Waals surface area contributed by atoms with E-state index in [1.54, 1.807) is 19.2 Å². The van der Waals surface area contributed by atoms with Crippen LogP contribution < -0.4 is 5.32 Å². The number of carbonyl (C=O) groups excluding carboxylic acids is 2. The van der Waals surface area contributed by atoms with Gasteiger partial charge in [-0.25, -0.2) is 4.39 Å². The summed E-state index contributed by atoms with van der Waals surface area (Å²) < 4.78 is 14.2. The number of benzene rings is 1. The van der Waals surface area contributed by atoms with Crippen molar-refractivity contribution in [1.82, 2.24) is 20.0 Å². The van der Waals surface area contributed by atoms with Crippen LogP contribution >= 0.6 is 0 Å². The Morgan fingerprint density at radius 1 is 1.42 bits per heavy atom. The summed E-state index contributed by atoms with van der Waals surface area (Å²) in [4.78, 5) is 26.0. The van der Waals surface area contributed by atoms with Crippen LogP contribution in [-0.4, -0.2) is 44.7 Å². The molecule has 2 aromatic rings. The van der Waals surface area contributed by atoms with Gasteiger partial charge in [-0.2, -0.15) is 5.10 Å². The molecule has 0 spiro atoms. The van der Waals surface area contributed by atoms with Gasteiger partial charge in [-0.15, -0.1) is 0 Å². The number of rotatable bonds is 3. The standard InChI is InChI=1S/C16H17FN4O3/c1-9-8-21-13(16(24)20(9)2)14(22)12(19-21)15(23)18-7-10-3-5-11(17)6-4-10/h3-6,9,22H,7-8H2,1-2H3,(H,18,23). The topological polar surface area (TPSA) is 87.5 Å². The molecule has 2 amide bonds. The third-order valence-electron chi connectivity index (χ3n) is 4.13. The van der Waals surface area contributed by atoms with Crippen LogP contribution in [0.15, 0.2) is 24.3 Å². The highest BCUT2D eigenvalue weighted by atomic mass is 19.1. The highest BCUT2D eigenvalue weighted by Gasteiger charge is 2.34. The van der Waals surface area contributed by atoms with Crippen LogP contribution in [0.3, 0.4) is 0 Å². The lowest BCUT2D eigenvalue weighted by molar-refractivity contribution is 0.0660. The van der Waals surface area contributed by atoms with Crippen molar-refractivity contribution in [2.75, 3.05) is 7.05 Å². The fourth-order valence-corrected chi connectivity index (χ4v) is 2.56. The van der Waals surface area contributed by atoms with Crippen LogP contribution in [0.1, 0.15) is 33.5 Å². The van der Waals surface area contributed by atoms with Gasteiger partial charge in [0.05, 0.1) is 6.54 Å². The second-order valence-corrected chi connectivity index (χ2v) is 5.80. The Morgan fingerprint density at radius 3 is 2.75 bits per heavy atom. The van der Waals surface area contributed by atoms with E-state index in [-0.39, 0.29) is 35.7 Å². The fourth-order valence-electron chi connectivity index (χ4n) is 2.56. The van der Waals surface area contributed by atoms with E-state index in [2.05, 4.69) is 10.4 Å². The lowest BCUT2D eigenvalue weighted by Gasteiger charge is -2.29. The molecule has 126 valence electrons. The van der Waals surface area contributed by atoms with Crippen molar-refractivity contribution < 1.29 is 19.1 Å². The molecule has 0 radical (unpaired) electrons. The predicted molar refractivity (Wildman–Crippen MR) is 83.0 cm³/mol. The molecule has 1 aliphatic rings. The summed E-state index contributed by atoms with van der Waals surface area (Å²) in [5, 5.41) is 16.9. The first-order chi connectivity index (χ1) is 11.4. The Kier molecular flexibility index (Phi) is 3.96. The van der Waals surface area contributed by atoms with Crippen LogP contribution in [0.4, 0.5) is 4.39 Å². The Morgan fingerprint density at radius 2 is 2.08 bits per heavy atom. The Balaban J connectivity index is 1.79. The number of nitrogens with zero attached hydrogens (tertiary/aromatic N) is 3. The average molecular weight is 332 g/mol. The van der Waals surface area contributed by atoms with Crippen molar-refractivity contribution in [2.45, 2.75) is 26.1 Å². The van der Waals surface area contributed by atoms with E-state index in [9.17, 15) is 19.1 Å². The molecule has 0 bridgehead atoms. The van der Waals surface area contributed by atoms with Gasteiger partial charge in [0.15, 0.2) is 17.1 Å². The summed E-state index contributed by atoms with van der Waals surface area (Å²) in [6, 6.07) is 5.61. The molecule has 1 aromatic heterocycles. The van der Waals surface area contributed by atoms with Gasteiger partial charge in [-0.3, -0.25) is 14.3 Å². The number of carbonyl (C=O) groups is 2. The molecule has 8 heteroatoms. The Bertz CT molecular complexity index is 800. The molecule has 0 fully saturated rings. The van der Waals surface area contributed by atoms with Gasteiger partial charge in [0.2, 0.25) is 0 Å². The molecule has 3 rings (SSSR count). The maximum atomic E-state index is 12.9. The molecule has 1 unspecified atom stereocenters. The molecule has 0 saturated heterocycles. The highest BCUT2D eigenvalue weighted by molar-refractivity contribution is 6.02. The average Bonchev–Trinajstić information content (AvgIpc) is 2.88. The largest absolute Gasteiger partial charge is 0.504 e. The fraction of sp³-hybridized carbons (Fsp3) is 0.312.